The summed E-state index contributed by atoms with van der Waals surface area (Å²) in [5, 5.41) is 0.611. The molecule has 2 aromatic carbocycles. The fourth-order valence-corrected chi connectivity index (χ4v) is 5.15. The molecule has 10 nitrogen and oxygen atoms in total. The third-order valence-electron chi connectivity index (χ3n) is 7.07. The Kier molecular flexibility index (Phi) is 7.33. The first-order chi connectivity index (χ1) is 19.9. The summed E-state index contributed by atoms with van der Waals surface area (Å²) in [6.07, 6.45) is 1.61. The molecule has 0 fully saturated rings. The molecule has 0 saturated heterocycles. The van der Waals surface area contributed by atoms with Gasteiger partial charge in [-0.3, -0.25) is 14.3 Å². The van der Waals surface area contributed by atoms with Crippen molar-refractivity contribution >= 4 is 22.1 Å². The lowest BCUT2D eigenvalue weighted by Gasteiger charge is -2.27. The van der Waals surface area contributed by atoms with Crippen LogP contribution in [0.3, 0.4) is 0 Å². The molecule has 0 spiro atoms. The van der Waals surface area contributed by atoms with Crippen molar-refractivity contribution in [2.45, 2.75) is 26.6 Å². The average molecular weight is 563 g/mol. The number of fused-ring (bicyclic) bond motifs is 4. The fourth-order valence-electron chi connectivity index (χ4n) is 5.15. The molecule has 0 radical (unpaired) electrons. The van der Waals surface area contributed by atoms with Gasteiger partial charge in [-0.25, -0.2) is 9.97 Å². The summed E-state index contributed by atoms with van der Waals surface area (Å²) in [6.45, 7) is 3.09. The van der Waals surface area contributed by atoms with Crippen LogP contribution in [0.1, 0.15) is 12.7 Å². The van der Waals surface area contributed by atoms with Gasteiger partial charge in [0.2, 0.25) is 0 Å². The highest BCUT2D eigenvalue weighted by Crippen LogP contribution is 2.29. The van der Waals surface area contributed by atoms with Gasteiger partial charge in [0.05, 0.1) is 36.5 Å². The lowest BCUT2D eigenvalue weighted by Crippen LogP contribution is -2.35. The molecule has 0 N–H and O–H groups in total. The van der Waals surface area contributed by atoms with E-state index in [1.165, 1.54) is 28.8 Å². The zero-order valence-electron chi connectivity index (χ0n) is 22.6. The minimum Gasteiger partial charge on any atom is -0.464 e. The maximum absolute atomic E-state index is 14.1. The Bertz CT molecular complexity index is 1770. The summed E-state index contributed by atoms with van der Waals surface area (Å²) >= 11 is 0. The van der Waals surface area contributed by atoms with Crippen molar-refractivity contribution in [1.29, 1.82) is 0 Å². The first-order valence-electron chi connectivity index (χ1n) is 13.3. The Balaban J connectivity index is 1.47. The average Bonchev–Trinajstić information content (AvgIpc) is 3.33. The van der Waals surface area contributed by atoms with E-state index in [0.717, 1.165) is 43.0 Å². The number of hydrogen-bond acceptors (Lipinski definition) is 8. The van der Waals surface area contributed by atoms with E-state index >= 15 is 0 Å². The maximum Gasteiger partial charge on any atom is 0.387 e. The first-order valence-corrected chi connectivity index (χ1v) is 13.3. The molecule has 212 valence electrons. The Morgan fingerprint density at radius 1 is 1.05 bits per heavy atom. The molecule has 12 heteroatoms. The maximum atomic E-state index is 14.1. The van der Waals surface area contributed by atoms with E-state index in [1.54, 1.807) is 19.4 Å². The molecule has 0 saturated carbocycles. The quantitative estimate of drug-likeness (QED) is 0.263. The third kappa shape index (κ3) is 5.23. The summed E-state index contributed by atoms with van der Waals surface area (Å²) in [4.78, 5) is 30.0. The number of rotatable bonds is 9. The van der Waals surface area contributed by atoms with Crippen molar-refractivity contribution < 1.29 is 23.0 Å². The van der Waals surface area contributed by atoms with E-state index in [9.17, 15) is 13.6 Å². The van der Waals surface area contributed by atoms with Crippen molar-refractivity contribution in [3.05, 3.63) is 70.9 Å². The topological polar surface area (TPSA) is 96.5 Å². The van der Waals surface area contributed by atoms with Crippen molar-refractivity contribution in [1.82, 2.24) is 29.0 Å². The Labute approximate surface area is 233 Å². The monoisotopic (exact) mass is 562 g/mol. The molecule has 6 rings (SSSR count). The molecule has 5 aromatic rings. The predicted octanol–water partition coefficient (Wildman–Crippen LogP) is 4.26. The largest absolute Gasteiger partial charge is 0.464 e. The van der Waals surface area contributed by atoms with Crippen LogP contribution in [0.15, 0.2) is 59.5 Å². The second-order valence-corrected chi connectivity index (χ2v) is 9.59. The van der Waals surface area contributed by atoms with Gasteiger partial charge in [0, 0.05) is 43.9 Å². The van der Waals surface area contributed by atoms with Crippen LogP contribution in [-0.4, -0.2) is 69.0 Å². The highest BCUT2D eigenvalue weighted by atomic mass is 19.3. The predicted molar refractivity (Wildman–Crippen MR) is 149 cm³/mol. The van der Waals surface area contributed by atoms with Gasteiger partial charge in [-0.15, -0.1) is 0 Å². The summed E-state index contributed by atoms with van der Waals surface area (Å²) in [5.74, 6) is 0.956. The lowest BCUT2D eigenvalue weighted by atomic mass is 10.0. The van der Waals surface area contributed by atoms with Gasteiger partial charge in [0.15, 0.2) is 5.65 Å². The lowest BCUT2D eigenvalue weighted by molar-refractivity contribution is -0.0498. The van der Waals surface area contributed by atoms with E-state index in [-0.39, 0.29) is 17.3 Å². The molecule has 3 aromatic heterocycles. The number of aromatic nitrogens is 5. The molecule has 0 atom stereocenters. The Hall–Kier alpha value is -4.42. The van der Waals surface area contributed by atoms with Crippen molar-refractivity contribution in [3.63, 3.8) is 0 Å². The van der Waals surface area contributed by atoms with Crippen LogP contribution in [0.2, 0.25) is 0 Å². The number of imidazole rings is 1. The number of benzene rings is 2. The van der Waals surface area contributed by atoms with Gasteiger partial charge in [-0.05, 0) is 55.0 Å². The number of alkyl halides is 2. The van der Waals surface area contributed by atoms with Gasteiger partial charge in [0.1, 0.15) is 11.6 Å². The van der Waals surface area contributed by atoms with Crippen LogP contribution in [0.4, 0.5) is 8.78 Å². The Morgan fingerprint density at radius 3 is 2.63 bits per heavy atom. The van der Waals surface area contributed by atoms with Crippen molar-refractivity contribution in [2.24, 2.45) is 0 Å². The van der Waals surface area contributed by atoms with Crippen LogP contribution in [0.5, 0.6) is 11.8 Å². The van der Waals surface area contributed by atoms with Crippen LogP contribution in [0, 0.1) is 0 Å². The standard InChI is InChI=1S/C29H28F2N6O4/c1-3-40-29-32-16-19-14-22(27(38)37(26(19)34-29)20-5-7-21(8-6-20)41-28(30)31)18-4-9-23-24(15-18)36-11-10-35(12-13-39-2)17-25(36)33-23/h4-9,14-16,28H,3,10-13,17H2,1-2H3. The van der Waals surface area contributed by atoms with Crippen LogP contribution in [-0.2, 0) is 17.8 Å². The van der Waals surface area contributed by atoms with E-state index in [1.807, 2.05) is 25.1 Å². The van der Waals surface area contributed by atoms with E-state index in [0.29, 0.717) is 41.1 Å². The van der Waals surface area contributed by atoms with Crippen LogP contribution < -0.4 is 15.0 Å². The van der Waals surface area contributed by atoms with Crippen LogP contribution in [0.25, 0.3) is 38.9 Å². The van der Waals surface area contributed by atoms with Crippen molar-refractivity contribution in [2.75, 3.05) is 33.4 Å². The van der Waals surface area contributed by atoms with Gasteiger partial charge in [0.25, 0.3) is 5.56 Å². The molecular formula is C29H28F2N6O4. The van der Waals surface area contributed by atoms with Gasteiger partial charge in [-0.1, -0.05) is 6.07 Å². The number of methoxy groups -OCH3 is 1. The minimum atomic E-state index is -2.95. The summed E-state index contributed by atoms with van der Waals surface area (Å²) in [7, 11) is 1.70. The summed E-state index contributed by atoms with van der Waals surface area (Å²) in [6, 6.07) is 13.5. The molecule has 0 unspecified atom stereocenters. The molecule has 4 heterocycles. The summed E-state index contributed by atoms with van der Waals surface area (Å²) in [5.41, 5.74) is 3.40. The van der Waals surface area contributed by atoms with E-state index in [4.69, 9.17) is 14.5 Å². The zero-order valence-corrected chi connectivity index (χ0v) is 22.6. The number of hydrogen-bond donors (Lipinski definition) is 0. The smallest absolute Gasteiger partial charge is 0.387 e. The molecule has 1 aliphatic heterocycles. The van der Waals surface area contributed by atoms with E-state index in [2.05, 4.69) is 24.2 Å². The zero-order chi connectivity index (χ0) is 28.5. The number of nitrogens with zero attached hydrogens (tertiary/aromatic N) is 6. The second-order valence-electron chi connectivity index (χ2n) is 9.59. The van der Waals surface area contributed by atoms with Gasteiger partial charge >= 0.3 is 12.6 Å². The molecule has 0 aliphatic carbocycles. The summed E-state index contributed by atoms with van der Waals surface area (Å²) < 4.78 is 44.3. The SMILES string of the molecule is CCOc1ncc2cc(-c3ccc4nc5n(c4c3)CCN(CCOC)C5)c(=O)n(-c3ccc(OC(F)F)cc3)c2n1. The first kappa shape index (κ1) is 26.8. The Morgan fingerprint density at radius 2 is 1.88 bits per heavy atom. The van der Waals surface area contributed by atoms with Gasteiger partial charge in [-0.2, -0.15) is 13.8 Å². The molecule has 1 aliphatic rings. The molecule has 0 amide bonds. The second kappa shape index (κ2) is 11.2. The number of halogens is 2. The van der Waals surface area contributed by atoms with Gasteiger partial charge < -0.3 is 18.8 Å². The molecule has 41 heavy (non-hydrogen) atoms. The van der Waals surface area contributed by atoms with E-state index < -0.39 is 6.61 Å². The fraction of sp³-hybridized carbons (Fsp3) is 0.310. The number of ether oxygens (including phenoxy) is 3. The third-order valence-corrected chi connectivity index (χ3v) is 7.07. The molecular weight excluding hydrogens is 534 g/mol. The minimum absolute atomic E-state index is 0.0152. The highest BCUT2D eigenvalue weighted by Gasteiger charge is 2.21. The van der Waals surface area contributed by atoms with Crippen LogP contribution >= 0.6 is 0 Å². The highest BCUT2D eigenvalue weighted by molar-refractivity contribution is 5.87. The number of pyridine rings is 1. The van der Waals surface area contributed by atoms with Crippen molar-refractivity contribution in [3.8, 4) is 28.6 Å². The normalized spacial score (nSPS) is 13.7. The molecule has 0 bridgehead atoms.